The molecule has 1 aromatic rings. The molecule has 0 amide bonds. The van der Waals surface area contributed by atoms with Crippen LogP contribution in [0.1, 0.15) is 42.0 Å². The predicted molar refractivity (Wildman–Crippen MR) is 64.3 cm³/mol. The average molecular weight is 236 g/mol. The summed E-state index contributed by atoms with van der Waals surface area (Å²) in [5.41, 5.74) is -0.483. The van der Waals surface area contributed by atoms with Crippen molar-refractivity contribution in [1.82, 2.24) is 5.32 Å². The Kier molecular flexibility index (Phi) is 3.29. The molecule has 2 rings (SSSR count). The Morgan fingerprint density at radius 1 is 1.62 bits per heavy atom. The normalized spacial score (nSPS) is 19.8. The number of hydrogen-bond acceptors (Lipinski definition) is 4. The van der Waals surface area contributed by atoms with E-state index in [9.17, 15) is 5.11 Å². The minimum Gasteiger partial charge on any atom is -0.389 e. The van der Waals surface area contributed by atoms with Gasteiger partial charge < -0.3 is 10.4 Å². The molecule has 3 nitrogen and oxygen atoms in total. The number of nitrogens with one attached hydrogen (secondary N) is 1. The minimum atomic E-state index is -0.483. The lowest BCUT2D eigenvalue weighted by Gasteiger charge is -2.37. The molecule has 1 aromatic heterocycles. The molecule has 0 aromatic carbocycles. The predicted octanol–water partition coefficient (Wildman–Crippen LogP) is 2.19. The van der Waals surface area contributed by atoms with Crippen molar-refractivity contribution in [1.29, 1.82) is 5.26 Å². The fourth-order valence-corrected chi connectivity index (χ4v) is 2.68. The van der Waals surface area contributed by atoms with Crippen molar-refractivity contribution in [3.8, 4) is 6.07 Å². The van der Waals surface area contributed by atoms with Gasteiger partial charge in [0.1, 0.15) is 10.9 Å². The van der Waals surface area contributed by atoms with Gasteiger partial charge in [-0.1, -0.05) is 0 Å². The molecule has 4 heteroatoms. The molecule has 1 unspecified atom stereocenters. The summed E-state index contributed by atoms with van der Waals surface area (Å²) < 4.78 is 0. The highest BCUT2D eigenvalue weighted by Crippen LogP contribution is 2.31. The van der Waals surface area contributed by atoms with Gasteiger partial charge in [-0.2, -0.15) is 5.26 Å². The molecular weight excluding hydrogens is 220 g/mol. The Morgan fingerprint density at radius 3 is 2.88 bits per heavy atom. The molecule has 1 aliphatic carbocycles. The van der Waals surface area contributed by atoms with Gasteiger partial charge in [0.2, 0.25) is 0 Å². The Bertz CT molecular complexity index is 403. The van der Waals surface area contributed by atoms with Crippen molar-refractivity contribution in [3.05, 3.63) is 21.9 Å². The third-order valence-electron chi connectivity index (χ3n) is 3.19. The first-order chi connectivity index (χ1) is 7.63. The van der Waals surface area contributed by atoms with Crippen LogP contribution < -0.4 is 5.32 Å². The molecule has 2 N–H and O–H groups in total. The summed E-state index contributed by atoms with van der Waals surface area (Å²) >= 11 is 1.51. The summed E-state index contributed by atoms with van der Waals surface area (Å²) in [6.07, 6.45) is 2.94. The second kappa shape index (κ2) is 4.54. The van der Waals surface area contributed by atoms with Gasteiger partial charge in [-0.05, 0) is 38.3 Å². The molecule has 1 atom stereocenters. The van der Waals surface area contributed by atoms with Gasteiger partial charge in [-0.3, -0.25) is 0 Å². The largest absolute Gasteiger partial charge is 0.389 e. The Hall–Kier alpha value is -0.890. The standard InChI is InChI=1S/C12H16N2OS/c1-9(11-4-3-10(7-13)16-11)14-8-12(15)5-2-6-12/h3-4,9,14-15H,2,5-6,8H2,1H3. The fraction of sp³-hybridized carbons (Fsp3) is 0.583. The first-order valence-corrected chi connectivity index (χ1v) is 6.40. The number of nitriles is 1. The van der Waals surface area contributed by atoms with Crippen LogP contribution in [-0.4, -0.2) is 17.3 Å². The molecule has 0 radical (unpaired) electrons. The number of hydrogen-bond donors (Lipinski definition) is 2. The van der Waals surface area contributed by atoms with Crippen LogP contribution in [-0.2, 0) is 0 Å². The van der Waals surface area contributed by atoms with E-state index in [1.54, 1.807) is 0 Å². The van der Waals surface area contributed by atoms with Gasteiger partial charge in [0, 0.05) is 17.5 Å². The molecule has 1 fully saturated rings. The van der Waals surface area contributed by atoms with E-state index in [4.69, 9.17) is 5.26 Å². The van der Waals surface area contributed by atoms with E-state index in [0.717, 1.165) is 29.0 Å². The molecule has 1 heterocycles. The second-order valence-electron chi connectivity index (χ2n) is 4.49. The lowest BCUT2D eigenvalue weighted by atomic mass is 9.80. The van der Waals surface area contributed by atoms with Crippen molar-refractivity contribution in [3.63, 3.8) is 0 Å². The van der Waals surface area contributed by atoms with Crippen LogP contribution in [0.2, 0.25) is 0 Å². The van der Waals surface area contributed by atoms with Crippen LogP contribution in [0.5, 0.6) is 0 Å². The quantitative estimate of drug-likeness (QED) is 0.842. The van der Waals surface area contributed by atoms with Crippen LogP contribution in [0.15, 0.2) is 12.1 Å². The summed E-state index contributed by atoms with van der Waals surface area (Å²) in [5, 5.41) is 22.0. The van der Waals surface area contributed by atoms with Crippen molar-refractivity contribution in [2.45, 2.75) is 37.8 Å². The molecular formula is C12H16N2OS. The molecule has 0 saturated heterocycles. The first-order valence-electron chi connectivity index (χ1n) is 5.59. The van der Waals surface area contributed by atoms with Gasteiger partial charge >= 0.3 is 0 Å². The molecule has 1 saturated carbocycles. The number of nitrogens with zero attached hydrogens (tertiary/aromatic N) is 1. The van der Waals surface area contributed by atoms with E-state index in [1.807, 2.05) is 12.1 Å². The zero-order chi connectivity index (χ0) is 11.6. The lowest BCUT2D eigenvalue weighted by Crippen LogP contribution is -2.46. The summed E-state index contributed by atoms with van der Waals surface area (Å²) in [6.45, 7) is 2.71. The first kappa shape index (κ1) is 11.6. The van der Waals surface area contributed by atoms with Crippen LogP contribution in [0.3, 0.4) is 0 Å². The maximum atomic E-state index is 9.95. The Labute approximate surface area is 99.7 Å². The lowest BCUT2D eigenvalue weighted by molar-refractivity contribution is -0.0328. The monoisotopic (exact) mass is 236 g/mol. The third-order valence-corrected chi connectivity index (χ3v) is 4.36. The fourth-order valence-electron chi connectivity index (χ4n) is 1.85. The highest BCUT2D eigenvalue weighted by atomic mass is 32.1. The van der Waals surface area contributed by atoms with E-state index in [0.29, 0.717) is 6.54 Å². The Balaban J connectivity index is 1.88. The van der Waals surface area contributed by atoms with Gasteiger partial charge in [-0.25, -0.2) is 0 Å². The number of rotatable bonds is 4. The van der Waals surface area contributed by atoms with Crippen LogP contribution in [0.4, 0.5) is 0 Å². The Morgan fingerprint density at radius 2 is 2.38 bits per heavy atom. The smallest absolute Gasteiger partial charge is 0.110 e. The minimum absolute atomic E-state index is 0.205. The summed E-state index contributed by atoms with van der Waals surface area (Å²) in [5.74, 6) is 0. The van der Waals surface area contributed by atoms with Gasteiger partial charge in [0.15, 0.2) is 0 Å². The third kappa shape index (κ3) is 2.43. The van der Waals surface area contributed by atoms with Gasteiger partial charge in [-0.15, -0.1) is 11.3 Å². The summed E-state index contributed by atoms with van der Waals surface area (Å²) in [6, 6.07) is 6.16. The average Bonchev–Trinajstić information content (AvgIpc) is 2.71. The summed E-state index contributed by atoms with van der Waals surface area (Å²) in [7, 11) is 0. The maximum Gasteiger partial charge on any atom is 0.110 e. The van der Waals surface area contributed by atoms with E-state index >= 15 is 0 Å². The molecule has 0 aliphatic heterocycles. The molecule has 1 aliphatic rings. The highest BCUT2D eigenvalue weighted by molar-refractivity contribution is 7.12. The van der Waals surface area contributed by atoms with E-state index in [1.165, 1.54) is 11.3 Å². The van der Waals surface area contributed by atoms with Crippen molar-refractivity contribution < 1.29 is 5.11 Å². The molecule has 16 heavy (non-hydrogen) atoms. The van der Waals surface area contributed by atoms with Crippen LogP contribution in [0, 0.1) is 11.3 Å². The topological polar surface area (TPSA) is 56.0 Å². The SMILES string of the molecule is CC(NCC1(O)CCC1)c1ccc(C#N)s1. The van der Waals surface area contributed by atoms with E-state index in [2.05, 4.69) is 18.3 Å². The number of aliphatic hydroxyl groups is 1. The molecule has 86 valence electrons. The van der Waals surface area contributed by atoms with Crippen LogP contribution >= 0.6 is 11.3 Å². The number of thiophene rings is 1. The summed E-state index contributed by atoms with van der Waals surface area (Å²) in [4.78, 5) is 1.89. The zero-order valence-corrected chi connectivity index (χ0v) is 10.2. The molecule has 0 bridgehead atoms. The second-order valence-corrected chi connectivity index (χ2v) is 5.61. The zero-order valence-electron chi connectivity index (χ0n) is 9.36. The van der Waals surface area contributed by atoms with Crippen molar-refractivity contribution in [2.75, 3.05) is 6.54 Å². The van der Waals surface area contributed by atoms with Crippen molar-refractivity contribution in [2.24, 2.45) is 0 Å². The van der Waals surface area contributed by atoms with Gasteiger partial charge in [0.05, 0.1) is 5.60 Å². The highest BCUT2D eigenvalue weighted by Gasteiger charge is 2.34. The van der Waals surface area contributed by atoms with E-state index < -0.39 is 5.60 Å². The van der Waals surface area contributed by atoms with Crippen molar-refractivity contribution >= 4 is 11.3 Å². The molecule has 0 spiro atoms. The van der Waals surface area contributed by atoms with Gasteiger partial charge in [0.25, 0.3) is 0 Å². The van der Waals surface area contributed by atoms with Crippen LogP contribution in [0.25, 0.3) is 0 Å². The maximum absolute atomic E-state index is 9.95. The van der Waals surface area contributed by atoms with E-state index in [-0.39, 0.29) is 6.04 Å².